The smallest absolute Gasteiger partial charge is 0.230 e. The number of hydrogen-bond acceptors (Lipinski definition) is 5. The van der Waals surface area contributed by atoms with Crippen molar-refractivity contribution in [3.63, 3.8) is 0 Å². The molecule has 0 saturated heterocycles. The third kappa shape index (κ3) is 5.83. The van der Waals surface area contributed by atoms with Crippen LogP contribution in [0, 0.1) is 0 Å². The molecule has 0 bridgehead atoms. The Hall–Kier alpha value is -2.32. The van der Waals surface area contributed by atoms with Gasteiger partial charge in [-0.1, -0.05) is 71.0 Å². The van der Waals surface area contributed by atoms with Gasteiger partial charge in [0.25, 0.3) is 0 Å². The van der Waals surface area contributed by atoms with Gasteiger partial charge in [0.05, 0.1) is 11.8 Å². The number of rotatable bonds is 8. The highest BCUT2D eigenvalue weighted by Gasteiger charge is 2.14. The van der Waals surface area contributed by atoms with E-state index in [1.165, 1.54) is 22.0 Å². The van der Waals surface area contributed by atoms with Gasteiger partial charge in [-0.3, -0.25) is 4.79 Å². The Bertz CT molecular complexity index is 956. The molecule has 1 atom stereocenters. The summed E-state index contributed by atoms with van der Waals surface area (Å²) in [5, 5.41) is 11.8. The molecule has 0 fully saturated rings. The highest BCUT2D eigenvalue weighted by atomic mass is 79.9. The Morgan fingerprint density at radius 3 is 2.45 bits per heavy atom. The molecule has 6 nitrogen and oxygen atoms in total. The van der Waals surface area contributed by atoms with Crippen molar-refractivity contribution in [2.45, 2.75) is 37.9 Å². The van der Waals surface area contributed by atoms with E-state index in [9.17, 15) is 4.79 Å². The second kappa shape index (κ2) is 9.93. The fourth-order valence-electron chi connectivity index (χ4n) is 2.85. The Morgan fingerprint density at radius 1 is 1.14 bits per heavy atom. The van der Waals surface area contributed by atoms with Crippen LogP contribution < -0.4 is 11.2 Å². The first-order valence-electron chi connectivity index (χ1n) is 9.41. The molecule has 3 N–H and O–H groups in total. The fraction of sp³-hybridized carbons (Fsp3) is 0.286. The van der Waals surface area contributed by atoms with E-state index in [1.807, 2.05) is 31.2 Å². The molecule has 1 amide bonds. The van der Waals surface area contributed by atoms with Gasteiger partial charge >= 0.3 is 0 Å². The number of carbonyl (C=O) groups excluding carboxylic acids is 1. The van der Waals surface area contributed by atoms with Crippen LogP contribution in [0.25, 0.3) is 0 Å². The number of nitrogens with zero attached hydrogens (tertiary/aromatic N) is 3. The van der Waals surface area contributed by atoms with Crippen LogP contribution in [0.2, 0.25) is 0 Å². The summed E-state index contributed by atoms with van der Waals surface area (Å²) in [5.74, 6) is 6.93. The molecule has 0 aliphatic heterocycles. The summed E-state index contributed by atoms with van der Waals surface area (Å²) in [6.45, 7) is 4.10. The van der Waals surface area contributed by atoms with E-state index in [4.69, 9.17) is 5.84 Å². The molecule has 0 radical (unpaired) electrons. The van der Waals surface area contributed by atoms with Gasteiger partial charge in [-0.05, 0) is 42.2 Å². The molecule has 0 saturated carbocycles. The average molecular weight is 474 g/mol. The lowest BCUT2D eigenvalue weighted by atomic mass is 10.1. The molecule has 29 heavy (non-hydrogen) atoms. The summed E-state index contributed by atoms with van der Waals surface area (Å²) in [7, 11) is 0. The molecule has 1 unspecified atom stereocenters. The highest BCUT2D eigenvalue weighted by Crippen LogP contribution is 2.19. The number of aromatic nitrogens is 3. The highest BCUT2D eigenvalue weighted by molar-refractivity contribution is 9.10. The van der Waals surface area contributed by atoms with Gasteiger partial charge in [0.2, 0.25) is 11.1 Å². The summed E-state index contributed by atoms with van der Waals surface area (Å²) >= 11 is 4.70. The Balaban J connectivity index is 1.53. The number of nitrogen functional groups attached to an aromatic ring is 1. The lowest BCUT2D eigenvalue weighted by Gasteiger charge is -2.14. The number of nitrogens with two attached hydrogens (primary N) is 1. The van der Waals surface area contributed by atoms with Gasteiger partial charge in [-0.15, -0.1) is 10.2 Å². The molecule has 1 heterocycles. The molecule has 1 aromatic heterocycles. The molecule has 0 spiro atoms. The lowest BCUT2D eigenvalue weighted by molar-refractivity contribution is -0.119. The van der Waals surface area contributed by atoms with Crippen molar-refractivity contribution in [3.05, 3.63) is 75.5 Å². The minimum absolute atomic E-state index is 0.0577. The number of benzene rings is 2. The topological polar surface area (TPSA) is 85.8 Å². The fourth-order valence-corrected chi connectivity index (χ4v) is 3.80. The van der Waals surface area contributed by atoms with Gasteiger partial charge in [-0.25, -0.2) is 4.68 Å². The molecule has 0 aliphatic carbocycles. The molecule has 3 rings (SSSR count). The number of amides is 1. The third-order valence-corrected chi connectivity index (χ3v) is 6.08. The van der Waals surface area contributed by atoms with E-state index in [1.54, 1.807) is 0 Å². The van der Waals surface area contributed by atoms with Crippen LogP contribution in [0.5, 0.6) is 0 Å². The van der Waals surface area contributed by atoms with Gasteiger partial charge in [0.1, 0.15) is 0 Å². The summed E-state index contributed by atoms with van der Waals surface area (Å²) in [4.78, 5) is 12.3. The average Bonchev–Trinajstić information content (AvgIpc) is 3.07. The first kappa shape index (κ1) is 21.4. The van der Waals surface area contributed by atoms with Crippen molar-refractivity contribution in [3.8, 4) is 0 Å². The van der Waals surface area contributed by atoms with E-state index in [0.29, 0.717) is 17.4 Å². The van der Waals surface area contributed by atoms with Crippen molar-refractivity contribution >= 4 is 33.6 Å². The van der Waals surface area contributed by atoms with E-state index in [0.717, 1.165) is 22.0 Å². The largest absolute Gasteiger partial charge is 0.349 e. The van der Waals surface area contributed by atoms with Gasteiger partial charge in [0.15, 0.2) is 5.82 Å². The van der Waals surface area contributed by atoms with Crippen LogP contribution in [0.3, 0.4) is 0 Å². The number of thioether (sulfide) groups is 1. The Morgan fingerprint density at radius 2 is 1.79 bits per heavy atom. The van der Waals surface area contributed by atoms with E-state index in [-0.39, 0.29) is 17.7 Å². The molecular weight excluding hydrogens is 450 g/mol. The van der Waals surface area contributed by atoms with Gasteiger partial charge < -0.3 is 11.2 Å². The second-order valence-electron chi connectivity index (χ2n) is 6.75. The Kier molecular flexibility index (Phi) is 7.33. The van der Waals surface area contributed by atoms with Crippen molar-refractivity contribution in [1.82, 2.24) is 20.2 Å². The zero-order valence-corrected chi connectivity index (χ0v) is 18.8. The number of aryl methyl sites for hydroxylation is 1. The monoisotopic (exact) mass is 473 g/mol. The van der Waals surface area contributed by atoms with Crippen molar-refractivity contribution in [2.75, 3.05) is 11.6 Å². The molecule has 2 aromatic carbocycles. The maximum atomic E-state index is 12.3. The standard InChI is InChI=1S/C21H24BrN5OS/c1-3-15-4-8-17(9-5-15)14(2)24-20(28)13-29-21-26-25-19(27(21)23)12-16-6-10-18(22)11-7-16/h4-11,14H,3,12-13,23H2,1-2H3,(H,24,28). The summed E-state index contributed by atoms with van der Waals surface area (Å²) in [6.07, 6.45) is 1.58. The molecule has 152 valence electrons. The minimum Gasteiger partial charge on any atom is -0.349 e. The molecule has 3 aromatic rings. The SMILES string of the molecule is CCc1ccc(C(C)NC(=O)CSc2nnc(Cc3ccc(Br)cc3)n2N)cc1. The van der Waals surface area contributed by atoms with Crippen LogP contribution in [0.1, 0.15) is 42.4 Å². The van der Waals surface area contributed by atoms with Crippen LogP contribution >= 0.6 is 27.7 Å². The zero-order valence-electron chi connectivity index (χ0n) is 16.4. The van der Waals surface area contributed by atoms with Crippen LogP contribution in [0.15, 0.2) is 58.2 Å². The number of nitrogens with one attached hydrogen (secondary N) is 1. The van der Waals surface area contributed by atoms with Crippen molar-refractivity contribution < 1.29 is 4.79 Å². The number of hydrogen-bond donors (Lipinski definition) is 2. The first-order valence-corrected chi connectivity index (χ1v) is 11.2. The maximum Gasteiger partial charge on any atom is 0.230 e. The Labute approximate surface area is 183 Å². The van der Waals surface area contributed by atoms with E-state index in [2.05, 4.69) is 62.6 Å². The van der Waals surface area contributed by atoms with Crippen molar-refractivity contribution in [2.24, 2.45) is 0 Å². The van der Waals surface area contributed by atoms with Crippen molar-refractivity contribution in [1.29, 1.82) is 0 Å². The lowest BCUT2D eigenvalue weighted by Crippen LogP contribution is -2.28. The normalized spacial score (nSPS) is 12.0. The molecule has 8 heteroatoms. The molecular formula is C21H24BrN5OS. The third-order valence-electron chi connectivity index (χ3n) is 4.61. The van der Waals surface area contributed by atoms with E-state index < -0.39 is 0 Å². The number of carbonyl (C=O) groups is 1. The summed E-state index contributed by atoms with van der Waals surface area (Å²) in [6, 6.07) is 16.2. The minimum atomic E-state index is -0.0699. The zero-order chi connectivity index (χ0) is 20.8. The summed E-state index contributed by atoms with van der Waals surface area (Å²) in [5.41, 5.74) is 3.45. The number of halogens is 1. The first-order chi connectivity index (χ1) is 14.0. The quantitative estimate of drug-likeness (QED) is 0.382. The van der Waals surface area contributed by atoms with Crippen LogP contribution in [0.4, 0.5) is 0 Å². The summed E-state index contributed by atoms with van der Waals surface area (Å²) < 4.78 is 2.47. The molecule has 0 aliphatic rings. The van der Waals surface area contributed by atoms with E-state index >= 15 is 0 Å². The van der Waals surface area contributed by atoms with Crippen LogP contribution in [-0.2, 0) is 17.6 Å². The van der Waals surface area contributed by atoms with Gasteiger partial charge in [-0.2, -0.15) is 0 Å². The predicted molar refractivity (Wildman–Crippen MR) is 120 cm³/mol. The van der Waals surface area contributed by atoms with Gasteiger partial charge in [0, 0.05) is 10.9 Å². The maximum absolute atomic E-state index is 12.3. The van der Waals surface area contributed by atoms with Crippen LogP contribution in [-0.4, -0.2) is 26.5 Å². The second-order valence-corrected chi connectivity index (χ2v) is 8.60. The predicted octanol–water partition coefficient (Wildman–Crippen LogP) is 3.88.